The first-order valence-corrected chi connectivity index (χ1v) is 5.08. The lowest BCUT2D eigenvalue weighted by molar-refractivity contribution is 0.0580. The van der Waals surface area contributed by atoms with Gasteiger partial charge in [-0.1, -0.05) is 0 Å². The fourth-order valence-corrected chi connectivity index (χ4v) is 1.77. The molecule has 5 heteroatoms. The molecule has 0 aromatic rings. The number of rotatable bonds is 2. The van der Waals surface area contributed by atoms with Gasteiger partial charge in [0.05, 0.1) is 6.10 Å². The van der Waals surface area contributed by atoms with Crippen LogP contribution in [0.4, 0.5) is 4.79 Å². The molecule has 4 N–H and O–H groups in total. The van der Waals surface area contributed by atoms with Gasteiger partial charge in [-0.15, -0.1) is 0 Å². The standard InChI is InChI=1S/C9H19N3O2/c1-2-11-9(14)12-5-7(4-10)3-8(13)6-12/h7-8,13H,2-6,10H2,1H3,(H,11,14). The minimum atomic E-state index is -0.431. The van der Waals surface area contributed by atoms with Crippen LogP contribution in [0.15, 0.2) is 0 Å². The van der Waals surface area contributed by atoms with Crippen LogP contribution in [0.5, 0.6) is 0 Å². The molecule has 0 radical (unpaired) electrons. The number of β-amino-alcohol motifs (C(OH)–C–C–N with tert-alkyl or cyclic N) is 1. The molecule has 82 valence electrons. The van der Waals surface area contributed by atoms with Crippen LogP contribution in [0.3, 0.4) is 0 Å². The predicted octanol–water partition coefficient (Wildman–Crippen LogP) is -0.643. The molecule has 1 aliphatic heterocycles. The highest BCUT2D eigenvalue weighted by Crippen LogP contribution is 2.15. The number of urea groups is 1. The van der Waals surface area contributed by atoms with Gasteiger partial charge >= 0.3 is 6.03 Å². The van der Waals surface area contributed by atoms with Crippen molar-refractivity contribution in [2.24, 2.45) is 11.7 Å². The molecule has 0 saturated carbocycles. The van der Waals surface area contributed by atoms with Crippen molar-refractivity contribution >= 4 is 6.03 Å². The van der Waals surface area contributed by atoms with Crippen LogP contribution >= 0.6 is 0 Å². The average molecular weight is 201 g/mol. The van der Waals surface area contributed by atoms with Gasteiger partial charge in [0, 0.05) is 19.6 Å². The van der Waals surface area contributed by atoms with Crippen LogP contribution in [-0.4, -0.2) is 48.3 Å². The number of nitrogens with two attached hydrogens (primary N) is 1. The van der Waals surface area contributed by atoms with E-state index in [9.17, 15) is 9.90 Å². The number of likely N-dealkylation sites (tertiary alicyclic amines) is 1. The molecule has 0 spiro atoms. The summed E-state index contributed by atoms with van der Waals surface area (Å²) >= 11 is 0. The summed E-state index contributed by atoms with van der Waals surface area (Å²) in [5.41, 5.74) is 5.53. The number of aliphatic hydroxyl groups is 1. The van der Waals surface area contributed by atoms with Crippen molar-refractivity contribution in [2.45, 2.75) is 19.4 Å². The molecule has 0 aromatic carbocycles. The highest BCUT2D eigenvalue weighted by molar-refractivity contribution is 5.74. The van der Waals surface area contributed by atoms with Crippen molar-refractivity contribution in [3.05, 3.63) is 0 Å². The topological polar surface area (TPSA) is 78.6 Å². The predicted molar refractivity (Wildman–Crippen MR) is 53.8 cm³/mol. The number of piperidine rings is 1. The Morgan fingerprint density at radius 1 is 1.64 bits per heavy atom. The van der Waals surface area contributed by atoms with Gasteiger partial charge in [-0.05, 0) is 25.8 Å². The van der Waals surface area contributed by atoms with E-state index in [2.05, 4.69) is 5.32 Å². The third-order valence-corrected chi connectivity index (χ3v) is 2.46. The van der Waals surface area contributed by atoms with Crippen molar-refractivity contribution in [1.29, 1.82) is 0 Å². The number of hydrogen-bond donors (Lipinski definition) is 3. The molecule has 1 heterocycles. The SMILES string of the molecule is CCNC(=O)N1CC(O)CC(CN)C1. The molecular weight excluding hydrogens is 182 g/mol. The van der Waals surface area contributed by atoms with Gasteiger partial charge in [-0.3, -0.25) is 0 Å². The van der Waals surface area contributed by atoms with Gasteiger partial charge in [-0.2, -0.15) is 0 Å². The van der Waals surface area contributed by atoms with E-state index in [-0.39, 0.29) is 11.9 Å². The molecule has 1 fully saturated rings. The number of carbonyl (C=O) groups excluding carboxylic acids is 1. The Bertz CT molecular complexity index is 198. The molecule has 2 unspecified atom stereocenters. The van der Waals surface area contributed by atoms with Crippen LogP contribution in [0.2, 0.25) is 0 Å². The minimum absolute atomic E-state index is 0.107. The fourth-order valence-electron chi connectivity index (χ4n) is 1.77. The van der Waals surface area contributed by atoms with E-state index in [0.717, 1.165) is 0 Å². The van der Waals surface area contributed by atoms with Crippen LogP contribution < -0.4 is 11.1 Å². The van der Waals surface area contributed by atoms with Crippen molar-refractivity contribution in [2.75, 3.05) is 26.2 Å². The number of carbonyl (C=O) groups is 1. The summed E-state index contributed by atoms with van der Waals surface area (Å²) in [6.45, 7) is 4.08. The summed E-state index contributed by atoms with van der Waals surface area (Å²) in [7, 11) is 0. The maximum atomic E-state index is 11.5. The van der Waals surface area contributed by atoms with Gasteiger partial charge in [0.15, 0.2) is 0 Å². The quantitative estimate of drug-likeness (QED) is 0.556. The van der Waals surface area contributed by atoms with Crippen LogP contribution in [0.25, 0.3) is 0 Å². The molecule has 1 aliphatic rings. The Hall–Kier alpha value is -0.810. The van der Waals surface area contributed by atoms with E-state index < -0.39 is 6.10 Å². The Labute approximate surface area is 84.3 Å². The number of nitrogens with one attached hydrogen (secondary N) is 1. The van der Waals surface area contributed by atoms with Gasteiger partial charge < -0.3 is 21.1 Å². The first-order chi connectivity index (χ1) is 6.67. The molecule has 2 atom stereocenters. The summed E-state index contributed by atoms with van der Waals surface area (Å²) in [6.07, 6.45) is 0.270. The first kappa shape index (κ1) is 11.3. The minimum Gasteiger partial charge on any atom is -0.391 e. The molecule has 0 aromatic heterocycles. The van der Waals surface area contributed by atoms with E-state index in [0.29, 0.717) is 32.6 Å². The summed E-state index contributed by atoms with van der Waals surface area (Å²) in [5, 5.41) is 12.2. The second-order valence-electron chi connectivity index (χ2n) is 3.73. The lowest BCUT2D eigenvalue weighted by Crippen LogP contribution is -2.51. The molecule has 2 amide bonds. The van der Waals surface area contributed by atoms with Crippen molar-refractivity contribution in [3.63, 3.8) is 0 Å². The number of aliphatic hydroxyl groups excluding tert-OH is 1. The summed E-state index contributed by atoms with van der Waals surface area (Å²) in [4.78, 5) is 13.1. The van der Waals surface area contributed by atoms with E-state index in [1.54, 1.807) is 4.90 Å². The number of amides is 2. The zero-order valence-corrected chi connectivity index (χ0v) is 8.57. The van der Waals surface area contributed by atoms with Gasteiger partial charge in [0.1, 0.15) is 0 Å². The zero-order chi connectivity index (χ0) is 10.6. The van der Waals surface area contributed by atoms with Crippen molar-refractivity contribution in [3.8, 4) is 0 Å². The highest BCUT2D eigenvalue weighted by Gasteiger charge is 2.27. The van der Waals surface area contributed by atoms with E-state index in [1.807, 2.05) is 6.92 Å². The molecule has 14 heavy (non-hydrogen) atoms. The second kappa shape index (κ2) is 5.17. The third kappa shape index (κ3) is 2.85. The maximum Gasteiger partial charge on any atom is 0.317 e. The Morgan fingerprint density at radius 2 is 2.36 bits per heavy atom. The molecular formula is C9H19N3O2. The summed E-state index contributed by atoms with van der Waals surface area (Å²) < 4.78 is 0. The van der Waals surface area contributed by atoms with Crippen LogP contribution in [-0.2, 0) is 0 Å². The summed E-state index contributed by atoms with van der Waals surface area (Å²) in [6, 6.07) is -0.107. The normalized spacial score (nSPS) is 27.5. The largest absolute Gasteiger partial charge is 0.391 e. The van der Waals surface area contributed by atoms with Crippen molar-refractivity contribution < 1.29 is 9.90 Å². The van der Waals surface area contributed by atoms with Gasteiger partial charge in [0.25, 0.3) is 0 Å². The van der Waals surface area contributed by atoms with E-state index >= 15 is 0 Å². The van der Waals surface area contributed by atoms with Gasteiger partial charge in [-0.25, -0.2) is 4.79 Å². The Morgan fingerprint density at radius 3 is 2.93 bits per heavy atom. The van der Waals surface area contributed by atoms with Crippen LogP contribution in [0, 0.1) is 5.92 Å². The number of hydrogen-bond acceptors (Lipinski definition) is 3. The first-order valence-electron chi connectivity index (χ1n) is 5.08. The molecule has 1 rings (SSSR count). The Kier molecular flexibility index (Phi) is 4.16. The highest BCUT2D eigenvalue weighted by atomic mass is 16.3. The number of nitrogens with zero attached hydrogens (tertiary/aromatic N) is 1. The van der Waals surface area contributed by atoms with Gasteiger partial charge in [0.2, 0.25) is 0 Å². The lowest BCUT2D eigenvalue weighted by atomic mass is 9.96. The Balaban J connectivity index is 2.48. The molecule has 0 bridgehead atoms. The fraction of sp³-hybridized carbons (Fsp3) is 0.889. The molecule has 1 saturated heterocycles. The maximum absolute atomic E-state index is 11.5. The summed E-state index contributed by atoms with van der Waals surface area (Å²) in [5.74, 6) is 0.223. The third-order valence-electron chi connectivity index (χ3n) is 2.46. The average Bonchev–Trinajstić information content (AvgIpc) is 2.17. The lowest BCUT2D eigenvalue weighted by Gasteiger charge is -2.35. The zero-order valence-electron chi connectivity index (χ0n) is 8.57. The van der Waals surface area contributed by atoms with E-state index in [4.69, 9.17) is 5.73 Å². The van der Waals surface area contributed by atoms with Crippen LogP contribution in [0.1, 0.15) is 13.3 Å². The smallest absolute Gasteiger partial charge is 0.317 e. The molecule has 5 nitrogen and oxygen atoms in total. The monoisotopic (exact) mass is 201 g/mol. The van der Waals surface area contributed by atoms with Crippen molar-refractivity contribution in [1.82, 2.24) is 10.2 Å². The molecule has 0 aliphatic carbocycles. The second-order valence-corrected chi connectivity index (χ2v) is 3.73. The van der Waals surface area contributed by atoms with E-state index in [1.165, 1.54) is 0 Å².